The van der Waals surface area contributed by atoms with E-state index in [-0.39, 0.29) is 112 Å². The first-order valence-electron chi connectivity index (χ1n) is 40.2. The standard InChI is InChI=1S/C82H110N16O27S2/c1-126-36-26-55(74(117)93-61(42-71(112)113)79(122)90-57(73(84)116)38-47-8-4-3-5-9-47)89-78(121)60(41-50-45-85-54-11-7-6-10-53(50)54)92-81(124)63(44-83)95-75(118)56(27-37-127-2)88-77(120)59(40-49-14-18-52(100)19-15-49)91-80(123)62(43-72(114)115)94-76(119)58(39-48-12-16-51(99)17-13-48)87-65(101)46-86-82(125)64(20-21-66(102)103)98(34-32-96(28-22-67(104)105)29-23-68(106)107)35-33-97(30-24-69(108)109)31-25-70(110)111/h3-19,45,55-64,85,99-100H,20-44,46,83H2,1-2H3,(H2,84,116)(H,86,125)(H,87,101)(H,88,120)(H,89,121)(H,90,122)(H,91,123)(H,92,124)(H,93,117)(H,94,119)(H,95,118)(H,102,103)(H,104,105)(H,106,107)(H,108,109)(H,110,111)(H,112,113)(H,114,115)/t55-,56-,57-,58-,59-,60-,61-,62-,63?,64-/m0/s1. The second-order valence-electron chi connectivity index (χ2n) is 29.5. The third-order valence-electron chi connectivity index (χ3n) is 19.9. The van der Waals surface area contributed by atoms with Crippen molar-refractivity contribution in [3.8, 4) is 11.5 Å². The highest BCUT2D eigenvalue weighted by Crippen LogP contribution is 2.22. The number of nitrogens with zero attached hydrogens (tertiary/aromatic N) is 3. The van der Waals surface area contributed by atoms with Gasteiger partial charge in [-0.25, -0.2) is 0 Å². The highest BCUT2D eigenvalue weighted by Gasteiger charge is 2.38. The Morgan fingerprint density at radius 1 is 0.370 bits per heavy atom. The molecule has 1 unspecified atom stereocenters. The van der Waals surface area contributed by atoms with Gasteiger partial charge in [-0.15, -0.1) is 0 Å². The van der Waals surface area contributed by atoms with Gasteiger partial charge in [-0.3, -0.25) is 91.2 Å². The number of thioether (sulfide) groups is 2. The van der Waals surface area contributed by atoms with Crippen LogP contribution < -0.4 is 64.6 Å². The lowest BCUT2D eigenvalue weighted by atomic mass is 10.0. The van der Waals surface area contributed by atoms with Crippen LogP contribution >= 0.6 is 23.5 Å². The van der Waals surface area contributed by atoms with Gasteiger partial charge in [-0.1, -0.05) is 72.8 Å². The number of rotatable bonds is 62. The number of para-hydroxylation sites is 1. The average Bonchev–Trinajstić information content (AvgIpc) is 1.64. The Morgan fingerprint density at radius 2 is 0.724 bits per heavy atom. The Morgan fingerprint density at radius 3 is 1.14 bits per heavy atom. The van der Waals surface area contributed by atoms with E-state index in [1.807, 2.05) is 0 Å². The molecule has 24 N–H and O–H groups in total. The molecule has 1 heterocycles. The van der Waals surface area contributed by atoms with Crippen molar-refractivity contribution in [2.24, 2.45) is 11.5 Å². The number of nitrogens with two attached hydrogens (primary N) is 2. The molecule has 0 saturated heterocycles. The van der Waals surface area contributed by atoms with Crippen LogP contribution in [0.1, 0.15) is 86.5 Å². The number of nitrogens with one attached hydrogen (secondary N) is 11. The monoisotopic (exact) mass is 1810 g/mol. The van der Waals surface area contributed by atoms with E-state index in [9.17, 15) is 132 Å². The SMILES string of the molecule is CSCC[C@H](NC(=O)[C@H](Cc1ccc(O)cc1)NC(=O)[C@H](CC(=O)O)NC(=O)[C@H](Cc1ccc(O)cc1)NC(=O)CNC(=O)[C@H](CCC(=O)O)N(CCN(CCC(=O)O)CCC(=O)O)CCN(CCC(=O)O)CCC(=O)O)C(=O)NC(CN)C(=O)N[C@@H](Cc1c[nH]c2ccccc12)C(=O)N[C@@H](CCSC)C(=O)N[C@@H](CC(=O)O)C(=O)N[C@@H](Cc1ccccc1)C(N)=O. The summed E-state index contributed by atoms with van der Waals surface area (Å²) < 4.78 is 0. The Labute approximate surface area is 737 Å². The number of aliphatic carboxylic acids is 7. The van der Waals surface area contributed by atoms with Crippen molar-refractivity contribution in [1.82, 2.24) is 72.9 Å². The quantitative estimate of drug-likeness (QED) is 0.0188. The lowest BCUT2D eigenvalue weighted by Gasteiger charge is -2.34. The first-order chi connectivity index (χ1) is 60.3. The van der Waals surface area contributed by atoms with Gasteiger partial charge in [-0.05, 0) is 95.9 Å². The molecule has 45 heteroatoms. The zero-order valence-electron chi connectivity index (χ0n) is 69.7. The van der Waals surface area contributed by atoms with Gasteiger partial charge in [0.25, 0.3) is 0 Å². The summed E-state index contributed by atoms with van der Waals surface area (Å²) in [6.07, 6.45) is -1.95. The molecule has 0 aliphatic heterocycles. The molecule has 0 bridgehead atoms. The van der Waals surface area contributed by atoms with E-state index in [0.29, 0.717) is 22.0 Å². The van der Waals surface area contributed by atoms with Crippen molar-refractivity contribution < 1.29 is 132 Å². The maximum atomic E-state index is 14.9. The molecule has 0 spiro atoms. The molecule has 127 heavy (non-hydrogen) atoms. The number of primary amides is 1. The number of phenols is 2. The van der Waals surface area contributed by atoms with Gasteiger partial charge in [0.05, 0.1) is 51.1 Å². The maximum Gasteiger partial charge on any atom is 0.305 e. The van der Waals surface area contributed by atoms with Crippen LogP contribution in [0.15, 0.2) is 109 Å². The highest BCUT2D eigenvalue weighted by atomic mass is 32.2. The lowest BCUT2D eigenvalue weighted by molar-refractivity contribution is -0.142. The molecule has 5 rings (SSSR count). The molecule has 11 amide bonds. The molecule has 43 nitrogen and oxygen atoms in total. The zero-order valence-corrected chi connectivity index (χ0v) is 71.4. The third kappa shape index (κ3) is 39.0. The molecule has 692 valence electrons. The molecule has 0 fully saturated rings. The number of H-pyrrole nitrogens is 1. The fourth-order valence-electron chi connectivity index (χ4n) is 13.1. The van der Waals surface area contributed by atoms with Crippen molar-refractivity contribution in [2.45, 2.75) is 150 Å². The van der Waals surface area contributed by atoms with E-state index < -0.39 is 244 Å². The first kappa shape index (κ1) is 105. The van der Waals surface area contributed by atoms with Crippen LogP contribution in [0.2, 0.25) is 0 Å². The molecular weight excluding hydrogens is 1710 g/mol. The number of aromatic hydroxyl groups is 2. The smallest absolute Gasteiger partial charge is 0.305 e. The number of hydrogen-bond acceptors (Lipinski definition) is 26. The topological polar surface area (TPSA) is 687 Å². The predicted octanol–water partition coefficient (Wildman–Crippen LogP) is -2.73. The summed E-state index contributed by atoms with van der Waals surface area (Å²) >= 11 is 2.47. The van der Waals surface area contributed by atoms with E-state index in [2.05, 4.69) is 58.2 Å². The number of carboxylic acid groups (broad SMARTS) is 7. The van der Waals surface area contributed by atoms with Crippen molar-refractivity contribution in [1.29, 1.82) is 0 Å². The number of carbonyl (C=O) groups is 18. The molecule has 10 atom stereocenters. The van der Waals surface area contributed by atoms with Crippen molar-refractivity contribution >= 4 is 141 Å². The van der Waals surface area contributed by atoms with Gasteiger partial charge >= 0.3 is 41.8 Å². The summed E-state index contributed by atoms with van der Waals surface area (Å²) in [6, 6.07) is 8.71. The molecule has 4 aromatic carbocycles. The van der Waals surface area contributed by atoms with E-state index in [4.69, 9.17) is 11.5 Å². The van der Waals surface area contributed by atoms with Crippen LogP contribution in [0.3, 0.4) is 0 Å². The minimum absolute atomic E-state index is 0.0950. The largest absolute Gasteiger partial charge is 0.508 e. The predicted molar refractivity (Wildman–Crippen MR) is 459 cm³/mol. The van der Waals surface area contributed by atoms with E-state index >= 15 is 0 Å². The zero-order chi connectivity index (χ0) is 93.8. The molecule has 0 aliphatic rings. The Hall–Kier alpha value is -13.0. The number of carboxylic acids is 7. The Balaban J connectivity index is 1.43. The second kappa shape index (κ2) is 54.7. The number of amides is 11. The number of fused-ring (bicyclic) bond motifs is 1. The lowest BCUT2D eigenvalue weighted by Crippen LogP contribution is -2.62. The van der Waals surface area contributed by atoms with Gasteiger partial charge < -0.3 is 125 Å². The number of benzene rings is 4. The normalized spacial score (nSPS) is 13.6. The summed E-state index contributed by atoms with van der Waals surface area (Å²) in [7, 11) is 0. The summed E-state index contributed by atoms with van der Waals surface area (Å²) in [5, 5.41) is 114. The van der Waals surface area contributed by atoms with Crippen molar-refractivity contribution in [2.75, 3.05) is 89.5 Å². The van der Waals surface area contributed by atoms with E-state index in [0.717, 1.165) is 0 Å². The minimum Gasteiger partial charge on any atom is -0.508 e. The Bertz CT molecular complexity index is 4510. The third-order valence-corrected chi connectivity index (χ3v) is 21.2. The van der Waals surface area contributed by atoms with E-state index in [1.54, 1.807) is 73.3 Å². The first-order valence-corrected chi connectivity index (χ1v) is 43.0. The van der Waals surface area contributed by atoms with Crippen LogP contribution in [0.4, 0.5) is 0 Å². The molecule has 1 aromatic heterocycles. The number of carbonyl (C=O) groups excluding carboxylic acids is 11. The highest BCUT2D eigenvalue weighted by molar-refractivity contribution is 7.98. The fraction of sp³-hybridized carbons (Fsp3) is 0.463. The van der Waals surface area contributed by atoms with Crippen LogP contribution in [-0.4, -0.2) is 322 Å². The summed E-state index contributed by atoms with van der Waals surface area (Å²) in [5.74, 6) is -21.8. The van der Waals surface area contributed by atoms with Crippen LogP contribution in [0, 0.1) is 0 Å². The number of hydrogen-bond donors (Lipinski definition) is 22. The van der Waals surface area contributed by atoms with Crippen molar-refractivity contribution in [3.05, 3.63) is 132 Å². The molecule has 5 aromatic rings. The number of phenolic OH excluding ortho intramolecular Hbond substituents is 2. The van der Waals surface area contributed by atoms with Crippen molar-refractivity contribution in [3.63, 3.8) is 0 Å². The molecular formula is C82H110N16O27S2. The molecule has 0 saturated carbocycles. The maximum absolute atomic E-state index is 14.9. The summed E-state index contributed by atoms with van der Waals surface area (Å²) in [4.78, 5) is 249. The summed E-state index contributed by atoms with van der Waals surface area (Å²) in [5.41, 5.74) is 14.0. The second-order valence-corrected chi connectivity index (χ2v) is 31.4. The van der Waals surface area contributed by atoms with Crippen LogP contribution in [0.5, 0.6) is 11.5 Å². The number of aromatic nitrogens is 1. The van der Waals surface area contributed by atoms with Gasteiger partial charge in [-0.2, -0.15) is 23.5 Å². The number of aromatic amines is 1. The van der Waals surface area contributed by atoms with Gasteiger partial charge in [0.15, 0.2) is 0 Å². The van der Waals surface area contributed by atoms with Gasteiger partial charge in [0.1, 0.15) is 65.9 Å². The average molecular weight is 1820 g/mol. The van der Waals surface area contributed by atoms with Gasteiger partial charge in [0, 0.05) is 108 Å². The van der Waals surface area contributed by atoms with Gasteiger partial charge in [0.2, 0.25) is 65.0 Å². The molecule has 0 aliphatic carbocycles. The van der Waals surface area contributed by atoms with Crippen LogP contribution in [-0.2, 0) is 112 Å². The fourth-order valence-corrected chi connectivity index (χ4v) is 14.0. The van der Waals surface area contributed by atoms with Crippen LogP contribution in [0.25, 0.3) is 10.9 Å². The Kier molecular flexibility index (Phi) is 45.0. The minimum atomic E-state index is -2.13. The summed E-state index contributed by atoms with van der Waals surface area (Å²) in [6.45, 7) is -3.14. The van der Waals surface area contributed by atoms with E-state index in [1.165, 1.54) is 86.8 Å². The molecule has 0 radical (unpaired) electrons.